The Labute approximate surface area is 215 Å². The van der Waals surface area contributed by atoms with Gasteiger partial charge in [-0.2, -0.15) is 9.97 Å². The summed E-state index contributed by atoms with van der Waals surface area (Å²) < 4.78 is 42.8. The van der Waals surface area contributed by atoms with E-state index >= 15 is 8.78 Å². The predicted octanol–water partition coefficient (Wildman–Crippen LogP) is 5.80. The Hall–Kier alpha value is -3.56. The van der Waals surface area contributed by atoms with Crippen molar-refractivity contribution in [2.24, 2.45) is 4.99 Å². The summed E-state index contributed by atoms with van der Waals surface area (Å²) in [5, 5.41) is 0.287. The fourth-order valence-electron chi connectivity index (χ4n) is 4.56. The molecule has 1 unspecified atom stereocenters. The average Bonchev–Trinajstić information content (AvgIpc) is 3.62. The third-order valence-corrected chi connectivity index (χ3v) is 6.26. The van der Waals surface area contributed by atoms with E-state index in [9.17, 15) is 0 Å². The smallest absolute Gasteiger partial charge is 0.318 e. The van der Waals surface area contributed by atoms with Crippen molar-refractivity contribution in [3.05, 3.63) is 28.8 Å². The first kappa shape index (κ1) is 26.5. The van der Waals surface area contributed by atoms with E-state index in [1.54, 1.807) is 19.2 Å². The number of nitrogen functional groups attached to an aromatic ring is 1. The summed E-state index contributed by atoms with van der Waals surface area (Å²) in [6.45, 7) is 10.5. The number of rotatable bonds is 6. The Kier molecular flexibility index (Phi) is 7.75. The van der Waals surface area contributed by atoms with E-state index in [2.05, 4.69) is 33.8 Å². The molecule has 0 saturated heterocycles. The van der Waals surface area contributed by atoms with Gasteiger partial charge in [-0.1, -0.05) is 20.3 Å². The second-order valence-corrected chi connectivity index (χ2v) is 9.25. The van der Waals surface area contributed by atoms with Crippen LogP contribution < -0.4 is 20.1 Å². The predicted molar refractivity (Wildman–Crippen MR) is 143 cm³/mol. The van der Waals surface area contributed by atoms with Gasteiger partial charge in [0.2, 0.25) is 5.88 Å². The summed E-state index contributed by atoms with van der Waals surface area (Å²) in [5.74, 6) is -0.829. The monoisotopic (exact) mass is 512 g/mol. The van der Waals surface area contributed by atoms with Crippen molar-refractivity contribution in [2.45, 2.75) is 66.0 Å². The number of benzene rings is 1. The van der Waals surface area contributed by atoms with Gasteiger partial charge in [0.15, 0.2) is 17.5 Å². The van der Waals surface area contributed by atoms with Gasteiger partial charge in [-0.3, -0.25) is 4.99 Å². The van der Waals surface area contributed by atoms with Gasteiger partial charge in [0, 0.05) is 11.8 Å². The van der Waals surface area contributed by atoms with Crippen molar-refractivity contribution >= 4 is 28.6 Å². The first-order chi connectivity index (χ1) is 17.8. The summed E-state index contributed by atoms with van der Waals surface area (Å²) in [6.07, 6.45) is 4.58. The van der Waals surface area contributed by atoms with Crippen LogP contribution in [-0.2, 0) is 0 Å². The third kappa shape index (κ3) is 4.89. The molecule has 37 heavy (non-hydrogen) atoms. The Bertz CT molecular complexity index is 1340. The first-order valence-electron chi connectivity index (χ1n) is 12.7. The highest BCUT2D eigenvalue weighted by Crippen LogP contribution is 2.49. The van der Waals surface area contributed by atoms with Gasteiger partial charge in [0.05, 0.1) is 25.9 Å². The number of nitrogens with two attached hydrogens (primary N) is 1. The van der Waals surface area contributed by atoms with E-state index in [0.717, 1.165) is 24.0 Å². The van der Waals surface area contributed by atoms with E-state index in [4.69, 9.17) is 15.2 Å². The van der Waals surface area contributed by atoms with Crippen LogP contribution >= 0.6 is 0 Å². The number of ether oxygens (including phenoxy) is 2. The molecule has 1 aliphatic heterocycles. The van der Waals surface area contributed by atoms with E-state index in [1.165, 1.54) is 13.5 Å². The molecule has 0 spiro atoms. The zero-order valence-electron chi connectivity index (χ0n) is 22.2. The molecule has 2 aliphatic rings. The third-order valence-electron chi connectivity index (χ3n) is 6.26. The van der Waals surface area contributed by atoms with Gasteiger partial charge in [0.25, 0.3) is 0 Å². The van der Waals surface area contributed by atoms with Crippen LogP contribution in [0.15, 0.2) is 11.1 Å². The van der Waals surface area contributed by atoms with Crippen molar-refractivity contribution in [2.75, 3.05) is 30.9 Å². The molecule has 1 fully saturated rings. The van der Waals surface area contributed by atoms with Crippen molar-refractivity contribution in [1.82, 2.24) is 15.0 Å². The number of methoxy groups -OCH3 is 1. The minimum atomic E-state index is -0.779. The average molecular weight is 513 g/mol. The molecule has 1 aromatic carbocycles. The van der Waals surface area contributed by atoms with E-state index in [0.29, 0.717) is 12.4 Å². The number of aliphatic imine (C=N–C) groups is 1. The first-order valence-corrected chi connectivity index (χ1v) is 12.7. The number of nitrogens with zero attached hydrogens (tertiary/aromatic N) is 5. The summed E-state index contributed by atoms with van der Waals surface area (Å²) in [4.78, 5) is 19.5. The minimum absolute atomic E-state index is 0.0215. The lowest BCUT2D eigenvalue weighted by Crippen LogP contribution is -2.29. The van der Waals surface area contributed by atoms with Gasteiger partial charge in [0.1, 0.15) is 22.8 Å². The van der Waals surface area contributed by atoms with E-state index in [1.807, 2.05) is 18.7 Å². The van der Waals surface area contributed by atoms with Crippen LogP contribution in [0.3, 0.4) is 0 Å². The lowest BCUT2D eigenvalue weighted by molar-refractivity contribution is 0.330. The van der Waals surface area contributed by atoms with Crippen LogP contribution in [0, 0.1) is 18.6 Å². The van der Waals surface area contributed by atoms with Crippen molar-refractivity contribution in [1.29, 1.82) is 0 Å². The second-order valence-electron chi connectivity index (χ2n) is 9.25. The minimum Gasteiger partial charge on any atom is -0.477 e. The number of anilines is 2. The fourth-order valence-corrected chi connectivity index (χ4v) is 4.56. The van der Waals surface area contributed by atoms with Crippen LogP contribution in [-0.4, -0.2) is 47.6 Å². The van der Waals surface area contributed by atoms with Gasteiger partial charge in [-0.25, -0.2) is 13.8 Å². The number of aromatic nitrogens is 3. The van der Waals surface area contributed by atoms with Crippen molar-refractivity contribution in [3.63, 3.8) is 0 Å². The molecule has 2 aromatic heterocycles. The summed E-state index contributed by atoms with van der Waals surface area (Å²) in [6, 6.07) is 1.57. The number of pyridine rings is 1. The molecule has 1 aliphatic carbocycles. The maximum Gasteiger partial charge on any atom is 0.318 e. The number of hydrogen-bond donors (Lipinski definition) is 1. The Morgan fingerprint density at radius 1 is 1.11 bits per heavy atom. The molecule has 2 N–H and O–H groups in total. The van der Waals surface area contributed by atoms with Crippen molar-refractivity contribution in [3.8, 4) is 23.1 Å². The molecule has 3 heterocycles. The maximum absolute atomic E-state index is 16.2. The molecule has 3 aromatic rings. The van der Waals surface area contributed by atoms with Gasteiger partial charge in [-0.05, 0) is 56.7 Å². The Morgan fingerprint density at radius 3 is 2.38 bits per heavy atom. The summed E-state index contributed by atoms with van der Waals surface area (Å²) >= 11 is 0. The quantitative estimate of drug-likeness (QED) is 0.417. The van der Waals surface area contributed by atoms with E-state index < -0.39 is 11.6 Å². The molecule has 5 rings (SSSR count). The highest BCUT2D eigenvalue weighted by atomic mass is 19.1. The zero-order valence-corrected chi connectivity index (χ0v) is 22.2. The van der Waals surface area contributed by atoms with Gasteiger partial charge >= 0.3 is 6.01 Å². The molecule has 0 radical (unpaired) electrons. The largest absolute Gasteiger partial charge is 0.477 e. The standard InChI is InChI=1S/C24H26F2N6O2.C3H8/c1-5-34-23-17-21(30-24(33-4)31-22(17)32-9-8-28-12(32)3)19(26)20(29-23)16-15(13-6-7-13)11(2)10-14(27)18(16)25;1-3-2/h8,10,12-13H,5-7,9,27H2,1-4H3;3H2,1-2H3. The normalized spacial score (nSPS) is 16.6. The Balaban J connectivity index is 0.00000102. The number of fused-ring (bicyclic) bond motifs is 1. The van der Waals surface area contributed by atoms with Crippen LogP contribution in [0.4, 0.5) is 20.3 Å². The number of halogens is 2. The molecular weight excluding hydrogens is 478 g/mol. The van der Waals surface area contributed by atoms with Gasteiger partial charge < -0.3 is 20.1 Å². The molecule has 1 atom stereocenters. The van der Waals surface area contributed by atoms with Crippen LogP contribution in [0.25, 0.3) is 22.2 Å². The zero-order chi connectivity index (χ0) is 26.9. The van der Waals surface area contributed by atoms with E-state index in [-0.39, 0.29) is 58.4 Å². The van der Waals surface area contributed by atoms with Crippen LogP contribution in [0.2, 0.25) is 0 Å². The molecule has 0 amide bonds. The summed E-state index contributed by atoms with van der Waals surface area (Å²) in [7, 11) is 1.41. The molecule has 1 saturated carbocycles. The topological polar surface area (TPSA) is 98.8 Å². The van der Waals surface area contributed by atoms with Crippen molar-refractivity contribution < 1.29 is 18.3 Å². The maximum atomic E-state index is 16.2. The number of aryl methyl sites for hydroxylation is 1. The molecule has 0 bridgehead atoms. The molecular formula is C27H34F2N6O2. The SMILES string of the molecule is CCC.CCOc1nc(-c2c(F)c(N)cc(C)c2C2CC2)c(F)c2nc(OC)nc(N3CC=NC3C)c12. The second kappa shape index (κ2) is 10.8. The van der Waals surface area contributed by atoms with Gasteiger partial charge in [-0.15, -0.1) is 0 Å². The molecule has 198 valence electrons. The Morgan fingerprint density at radius 2 is 1.81 bits per heavy atom. The highest BCUT2D eigenvalue weighted by Gasteiger charge is 2.34. The lowest BCUT2D eigenvalue weighted by Gasteiger charge is -2.24. The molecule has 8 nitrogen and oxygen atoms in total. The lowest BCUT2D eigenvalue weighted by atomic mass is 9.93. The molecule has 10 heteroatoms. The van der Waals surface area contributed by atoms with Crippen LogP contribution in [0.5, 0.6) is 11.9 Å². The highest BCUT2D eigenvalue weighted by molar-refractivity contribution is 5.98. The fraction of sp³-hybridized carbons (Fsp3) is 0.481. The summed E-state index contributed by atoms with van der Waals surface area (Å²) in [5.41, 5.74) is 7.26. The van der Waals surface area contributed by atoms with Crippen LogP contribution in [0.1, 0.15) is 64.0 Å². The number of hydrogen-bond acceptors (Lipinski definition) is 8.